The van der Waals surface area contributed by atoms with Gasteiger partial charge in [0.2, 0.25) is 5.91 Å². The Bertz CT molecular complexity index is 693. The van der Waals surface area contributed by atoms with Gasteiger partial charge in [-0.05, 0) is 30.7 Å². The van der Waals surface area contributed by atoms with Gasteiger partial charge in [0.25, 0.3) is 0 Å². The zero-order chi connectivity index (χ0) is 14.5. The van der Waals surface area contributed by atoms with E-state index < -0.39 is 0 Å². The largest absolute Gasteiger partial charge is 0.326 e. The fourth-order valence-corrected chi connectivity index (χ4v) is 2.42. The predicted octanol–water partition coefficient (Wildman–Crippen LogP) is 3.47. The molecule has 0 saturated heterocycles. The highest BCUT2D eigenvalue weighted by Gasteiger charge is 2.05. The molecule has 100 valence electrons. The molecule has 1 aromatic carbocycles. The molecule has 1 heterocycles. The number of nitriles is 1. The molecule has 20 heavy (non-hydrogen) atoms. The molecule has 2 aromatic rings. The minimum absolute atomic E-state index is 0.107. The Labute approximate surface area is 121 Å². The predicted molar refractivity (Wildman–Crippen MR) is 81.1 cm³/mol. The van der Waals surface area contributed by atoms with Crippen LogP contribution in [0.1, 0.15) is 23.2 Å². The second-order valence-corrected chi connectivity index (χ2v) is 5.13. The number of nitrogens with zero attached hydrogens (tertiary/aromatic N) is 2. The van der Waals surface area contributed by atoms with Crippen molar-refractivity contribution in [1.82, 2.24) is 4.98 Å². The quantitative estimate of drug-likeness (QED) is 0.877. The molecule has 0 radical (unpaired) electrons. The maximum Gasteiger partial charge on any atom is 0.221 e. The summed E-state index contributed by atoms with van der Waals surface area (Å²) in [4.78, 5) is 15.2. The van der Waals surface area contributed by atoms with Crippen LogP contribution in [0, 0.1) is 18.3 Å². The number of amides is 1. The summed E-state index contributed by atoms with van der Waals surface area (Å²) in [5.74, 6) is -0.107. The normalized spacial score (nSPS) is 10.9. The number of hydrogen-bond acceptors (Lipinski definition) is 4. The van der Waals surface area contributed by atoms with Crippen molar-refractivity contribution >= 4 is 34.6 Å². The molecule has 0 atom stereocenters. The number of allylic oxidation sites excluding steroid dienone is 1. The number of anilines is 1. The highest BCUT2D eigenvalue weighted by Crippen LogP contribution is 2.22. The highest BCUT2D eigenvalue weighted by molar-refractivity contribution is 7.11. The van der Waals surface area contributed by atoms with Crippen molar-refractivity contribution < 1.29 is 4.79 Å². The third kappa shape index (κ3) is 3.53. The van der Waals surface area contributed by atoms with Crippen LogP contribution in [0.25, 0.3) is 11.6 Å². The summed E-state index contributed by atoms with van der Waals surface area (Å²) < 4.78 is 0. The van der Waals surface area contributed by atoms with Crippen molar-refractivity contribution in [2.45, 2.75) is 13.8 Å². The lowest BCUT2D eigenvalue weighted by atomic mass is 10.1. The summed E-state index contributed by atoms with van der Waals surface area (Å²) in [5.41, 5.74) is 3.07. The van der Waals surface area contributed by atoms with E-state index in [1.807, 2.05) is 24.4 Å². The molecule has 0 aliphatic rings. The maximum absolute atomic E-state index is 10.9. The van der Waals surface area contributed by atoms with Crippen molar-refractivity contribution in [3.05, 3.63) is 45.9 Å². The van der Waals surface area contributed by atoms with Crippen LogP contribution in [-0.2, 0) is 4.79 Å². The summed E-state index contributed by atoms with van der Waals surface area (Å²) in [6, 6.07) is 9.47. The summed E-state index contributed by atoms with van der Waals surface area (Å²) in [6.07, 6.45) is 1.79. The van der Waals surface area contributed by atoms with Gasteiger partial charge < -0.3 is 5.32 Å². The molecule has 0 unspecified atom stereocenters. The average molecular weight is 283 g/mol. The molecule has 0 bridgehead atoms. The van der Waals surface area contributed by atoms with Crippen molar-refractivity contribution in [2.75, 3.05) is 5.32 Å². The van der Waals surface area contributed by atoms with Gasteiger partial charge in [-0.3, -0.25) is 4.79 Å². The Hall–Kier alpha value is -2.45. The van der Waals surface area contributed by atoms with Crippen molar-refractivity contribution in [3.63, 3.8) is 0 Å². The van der Waals surface area contributed by atoms with Crippen LogP contribution in [-0.4, -0.2) is 10.9 Å². The van der Waals surface area contributed by atoms with E-state index in [2.05, 4.69) is 16.4 Å². The molecule has 0 aliphatic heterocycles. The summed E-state index contributed by atoms with van der Waals surface area (Å²) >= 11 is 1.45. The molecule has 0 fully saturated rings. The van der Waals surface area contributed by atoms with Crippen molar-refractivity contribution in [3.8, 4) is 6.07 Å². The molecule has 0 saturated carbocycles. The van der Waals surface area contributed by atoms with Gasteiger partial charge in [-0.1, -0.05) is 12.1 Å². The fraction of sp³-hybridized carbons (Fsp3) is 0.133. The first kappa shape index (κ1) is 14.0. The molecule has 5 heteroatoms. The molecular formula is C15H13N3OS. The number of thiazole rings is 1. The van der Waals surface area contributed by atoms with Gasteiger partial charge in [-0.15, -0.1) is 11.3 Å². The number of carbonyl (C=O) groups is 1. The first-order valence-corrected chi connectivity index (χ1v) is 6.88. The van der Waals surface area contributed by atoms with Gasteiger partial charge in [0, 0.05) is 23.7 Å². The Kier molecular flexibility index (Phi) is 4.28. The van der Waals surface area contributed by atoms with E-state index >= 15 is 0 Å². The lowest BCUT2D eigenvalue weighted by Gasteiger charge is -2.02. The monoisotopic (exact) mass is 283 g/mol. The fourth-order valence-electron chi connectivity index (χ4n) is 1.65. The molecule has 0 spiro atoms. The smallest absolute Gasteiger partial charge is 0.221 e. The molecule has 1 aromatic heterocycles. The van der Waals surface area contributed by atoms with Gasteiger partial charge in [-0.2, -0.15) is 5.26 Å². The van der Waals surface area contributed by atoms with E-state index in [0.717, 1.165) is 22.0 Å². The summed E-state index contributed by atoms with van der Waals surface area (Å²) in [6.45, 7) is 3.36. The lowest BCUT2D eigenvalue weighted by molar-refractivity contribution is -0.114. The summed E-state index contributed by atoms with van der Waals surface area (Å²) in [5, 5.41) is 14.5. The standard InChI is InChI=1S/C15H13N3OS/c1-10-9-20-15(17-10)13(8-16)7-12-3-5-14(6-4-12)18-11(2)19/h3-7,9H,1-2H3,(H,18,19)/b13-7+. The number of nitrogens with one attached hydrogen (secondary N) is 1. The van der Waals surface area contributed by atoms with Gasteiger partial charge in [0.15, 0.2) is 0 Å². The van der Waals surface area contributed by atoms with Gasteiger partial charge in [0.05, 0.1) is 5.57 Å². The van der Waals surface area contributed by atoms with E-state index in [4.69, 9.17) is 0 Å². The second-order valence-electron chi connectivity index (χ2n) is 4.27. The van der Waals surface area contributed by atoms with Crippen LogP contribution < -0.4 is 5.32 Å². The number of aryl methyl sites for hydroxylation is 1. The SMILES string of the molecule is CC(=O)Nc1ccc(/C=C(\C#N)c2nc(C)cs2)cc1. The van der Waals surface area contributed by atoms with E-state index in [1.165, 1.54) is 18.3 Å². The topological polar surface area (TPSA) is 65.8 Å². The minimum atomic E-state index is -0.107. The zero-order valence-electron chi connectivity index (χ0n) is 11.2. The first-order valence-electron chi connectivity index (χ1n) is 6.00. The zero-order valence-corrected chi connectivity index (χ0v) is 12.0. The molecule has 1 amide bonds. The number of benzene rings is 1. The highest BCUT2D eigenvalue weighted by atomic mass is 32.1. The summed E-state index contributed by atoms with van der Waals surface area (Å²) in [7, 11) is 0. The Balaban J connectivity index is 2.25. The third-order valence-electron chi connectivity index (χ3n) is 2.51. The van der Waals surface area contributed by atoms with Gasteiger partial charge >= 0.3 is 0 Å². The van der Waals surface area contributed by atoms with E-state index in [-0.39, 0.29) is 5.91 Å². The first-order chi connectivity index (χ1) is 9.58. The van der Waals surface area contributed by atoms with Crippen LogP contribution in [0.5, 0.6) is 0 Å². The molecule has 1 N–H and O–H groups in total. The average Bonchev–Trinajstić information content (AvgIpc) is 2.84. The Morgan fingerprint density at radius 3 is 2.60 bits per heavy atom. The number of rotatable bonds is 3. The lowest BCUT2D eigenvalue weighted by Crippen LogP contribution is -2.05. The van der Waals surface area contributed by atoms with Crippen molar-refractivity contribution in [2.24, 2.45) is 0 Å². The molecular weight excluding hydrogens is 270 g/mol. The van der Waals surface area contributed by atoms with Crippen LogP contribution in [0.15, 0.2) is 29.6 Å². The number of hydrogen-bond donors (Lipinski definition) is 1. The maximum atomic E-state index is 10.9. The second kappa shape index (κ2) is 6.13. The Morgan fingerprint density at radius 1 is 1.40 bits per heavy atom. The van der Waals surface area contributed by atoms with Crippen LogP contribution in [0.2, 0.25) is 0 Å². The molecule has 4 nitrogen and oxygen atoms in total. The van der Waals surface area contributed by atoms with E-state index in [9.17, 15) is 10.1 Å². The van der Waals surface area contributed by atoms with E-state index in [0.29, 0.717) is 5.57 Å². The number of carbonyl (C=O) groups excluding carboxylic acids is 1. The van der Waals surface area contributed by atoms with Crippen LogP contribution in [0.3, 0.4) is 0 Å². The van der Waals surface area contributed by atoms with Crippen molar-refractivity contribution in [1.29, 1.82) is 5.26 Å². The van der Waals surface area contributed by atoms with Gasteiger partial charge in [-0.25, -0.2) is 4.98 Å². The third-order valence-corrected chi connectivity index (χ3v) is 3.51. The van der Waals surface area contributed by atoms with Gasteiger partial charge in [0.1, 0.15) is 11.1 Å². The van der Waals surface area contributed by atoms with E-state index in [1.54, 1.807) is 18.2 Å². The van der Waals surface area contributed by atoms with Crippen LogP contribution in [0.4, 0.5) is 5.69 Å². The molecule has 2 rings (SSSR count). The van der Waals surface area contributed by atoms with Crippen LogP contribution >= 0.6 is 11.3 Å². The number of aromatic nitrogens is 1. The Morgan fingerprint density at radius 2 is 2.10 bits per heavy atom. The minimum Gasteiger partial charge on any atom is -0.326 e. The molecule has 0 aliphatic carbocycles.